The predicted molar refractivity (Wildman–Crippen MR) is 121 cm³/mol. The lowest BCUT2D eigenvalue weighted by Crippen LogP contribution is -2.26. The van der Waals surface area contributed by atoms with E-state index < -0.39 is 53.0 Å². The van der Waals surface area contributed by atoms with E-state index in [-0.39, 0.29) is 48.3 Å². The van der Waals surface area contributed by atoms with Crippen LogP contribution in [0, 0.1) is 11.3 Å². The minimum absolute atomic E-state index is 0.000570. The van der Waals surface area contributed by atoms with Crippen LogP contribution >= 0.6 is 49.4 Å². The number of esters is 2. The molecule has 1 unspecified atom stereocenters. The number of hydrogen-bond donors (Lipinski definition) is 0. The third-order valence-electron chi connectivity index (χ3n) is 5.37. The molecule has 1 aliphatic carbocycles. The first-order valence-electron chi connectivity index (χ1n) is 9.46. The van der Waals surface area contributed by atoms with E-state index in [1.807, 2.05) is 0 Å². The quantitative estimate of drug-likeness (QED) is 0.201. The first kappa shape index (κ1) is 27.5. The third-order valence-corrected chi connectivity index (χ3v) is 7.77. The monoisotopic (exact) mass is 625 g/mol. The molecule has 2 aromatic rings. The van der Waals surface area contributed by atoms with Crippen molar-refractivity contribution in [3.05, 3.63) is 39.1 Å². The number of ether oxygens (including phenoxy) is 2. The maximum atomic E-state index is 13.3. The van der Waals surface area contributed by atoms with Crippen molar-refractivity contribution in [2.24, 2.45) is 0 Å². The Labute approximate surface area is 213 Å². The minimum atomic E-state index is -10.1. The molecule has 1 heterocycles. The van der Waals surface area contributed by atoms with Crippen LogP contribution in [0.15, 0.2) is 17.0 Å². The molecule has 1 saturated carbocycles. The second kappa shape index (κ2) is 8.22. The van der Waals surface area contributed by atoms with Crippen molar-refractivity contribution >= 4 is 61.3 Å². The Hall–Kier alpha value is -2.08. The van der Waals surface area contributed by atoms with Gasteiger partial charge in [-0.3, -0.25) is 9.59 Å². The van der Waals surface area contributed by atoms with Crippen LogP contribution in [0.3, 0.4) is 0 Å². The van der Waals surface area contributed by atoms with Crippen LogP contribution in [-0.4, -0.2) is 40.8 Å². The zero-order chi connectivity index (χ0) is 26.6. The number of methoxy groups -OCH3 is 2. The summed E-state index contributed by atoms with van der Waals surface area (Å²) in [7, 11) is -7.89. The molecule has 1 aromatic heterocycles. The van der Waals surface area contributed by atoms with Crippen molar-refractivity contribution in [1.82, 2.24) is 9.78 Å². The van der Waals surface area contributed by atoms with Crippen LogP contribution in [0.2, 0.25) is 10.0 Å². The van der Waals surface area contributed by atoms with E-state index in [4.69, 9.17) is 27.9 Å². The zero-order valence-electron chi connectivity index (χ0n) is 17.8. The lowest BCUT2D eigenvalue weighted by Gasteiger charge is -2.40. The van der Waals surface area contributed by atoms with Crippen molar-refractivity contribution in [3.8, 4) is 11.8 Å². The molecule has 0 radical (unpaired) electrons. The first-order chi connectivity index (χ1) is 15.9. The normalized spacial score (nSPS) is 17.5. The SMILES string of the molecule is COC(=O)C(Br)Cc1c(C2(C(=O)OC)CC2)c(C#N)nn1-c1c(Cl)cc(S(F)(F)(F)(F)F)cc1Cl. The van der Waals surface area contributed by atoms with Gasteiger partial charge in [0, 0.05) is 12.0 Å². The number of halogens is 8. The molecule has 1 atom stereocenters. The molecule has 0 spiro atoms. The standard InChI is InChI=1S/C19H15BrCl2F5N3O4S/c1-33-17(31)10(20)7-14-15(19(3-4-19)18(32)34-2)13(8-28)29-30(14)16-11(21)5-9(6-12(16)22)35(23,24,25,26)27/h5-6,10H,3-4,7H2,1-2H3. The smallest absolute Gasteiger partial charge is 0.319 e. The second-order valence-electron chi connectivity index (χ2n) is 7.67. The van der Waals surface area contributed by atoms with Gasteiger partial charge in [-0.2, -0.15) is 10.4 Å². The predicted octanol–water partition coefficient (Wildman–Crippen LogP) is 6.39. The fourth-order valence-corrected chi connectivity index (χ4v) is 5.58. The molecule has 192 valence electrons. The van der Waals surface area contributed by atoms with E-state index in [2.05, 4.69) is 25.8 Å². The van der Waals surface area contributed by atoms with Gasteiger partial charge in [0.15, 0.2) is 5.69 Å². The molecule has 0 bridgehead atoms. The highest BCUT2D eigenvalue weighted by molar-refractivity contribution is 9.10. The maximum absolute atomic E-state index is 13.3. The van der Waals surface area contributed by atoms with E-state index in [9.17, 15) is 34.3 Å². The summed E-state index contributed by atoms with van der Waals surface area (Å²) >= 11 is 15.1. The average molecular weight is 627 g/mol. The molecule has 0 amide bonds. The highest BCUT2D eigenvalue weighted by atomic mass is 79.9. The first-order valence-corrected chi connectivity index (χ1v) is 13.1. The molecule has 7 nitrogen and oxygen atoms in total. The summed E-state index contributed by atoms with van der Waals surface area (Å²) < 4.78 is 77.1. The molecular formula is C19H15BrCl2F5N3O4S. The summed E-state index contributed by atoms with van der Waals surface area (Å²) in [5.74, 6) is -1.45. The van der Waals surface area contributed by atoms with Gasteiger partial charge in [-0.05, 0) is 25.0 Å². The summed E-state index contributed by atoms with van der Waals surface area (Å²) in [5.41, 5.74) is -2.01. The number of hydrogen-bond acceptors (Lipinski definition) is 6. The van der Waals surface area contributed by atoms with Crippen molar-refractivity contribution in [2.45, 2.75) is 34.4 Å². The lowest BCUT2D eigenvalue weighted by molar-refractivity contribution is -0.143. The van der Waals surface area contributed by atoms with Crippen LogP contribution in [0.25, 0.3) is 5.69 Å². The van der Waals surface area contributed by atoms with Crippen LogP contribution < -0.4 is 0 Å². The number of rotatable bonds is 7. The summed E-state index contributed by atoms with van der Waals surface area (Å²) in [6.07, 6.45) is 0.219. The van der Waals surface area contributed by atoms with E-state index >= 15 is 0 Å². The molecule has 0 N–H and O–H groups in total. The summed E-state index contributed by atoms with van der Waals surface area (Å²) in [6, 6.07) is 1.80. The van der Waals surface area contributed by atoms with Crippen molar-refractivity contribution in [3.63, 3.8) is 0 Å². The van der Waals surface area contributed by atoms with Crippen LogP contribution in [0.4, 0.5) is 19.4 Å². The molecule has 1 aromatic carbocycles. The Morgan fingerprint density at radius 1 is 1.20 bits per heavy atom. The van der Waals surface area contributed by atoms with Crippen molar-refractivity contribution in [2.75, 3.05) is 14.2 Å². The highest BCUT2D eigenvalue weighted by Crippen LogP contribution is 3.02. The van der Waals surface area contributed by atoms with Crippen molar-refractivity contribution < 1.29 is 38.5 Å². The molecular weight excluding hydrogens is 612 g/mol. The molecule has 1 fully saturated rings. The summed E-state index contributed by atoms with van der Waals surface area (Å²) in [6.45, 7) is 0. The minimum Gasteiger partial charge on any atom is -0.468 e. The highest BCUT2D eigenvalue weighted by Gasteiger charge is 2.65. The van der Waals surface area contributed by atoms with Gasteiger partial charge in [0.05, 0.1) is 35.4 Å². The van der Waals surface area contributed by atoms with Gasteiger partial charge in [-0.1, -0.05) is 58.6 Å². The van der Waals surface area contributed by atoms with Crippen LogP contribution in [0.5, 0.6) is 0 Å². The molecule has 35 heavy (non-hydrogen) atoms. The van der Waals surface area contributed by atoms with E-state index in [0.717, 1.165) is 18.9 Å². The van der Waals surface area contributed by atoms with Gasteiger partial charge in [0.2, 0.25) is 0 Å². The number of benzene rings is 1. The average Bonchev–Trinajstić information content (AvgIpc) is 3.47. The Kier molecular flexibility index (Phi) is 6.46. The largest absolute Gasteiger partial charge is 0.468 e. The maximum Gasteiger partial charge on any atom is 0.319 e. The summed E-state index contributed by atoms with van der Waals surface area (Å²) in [5, 5.41) is 12.1. The number of nitrogens with zero attached hydrogens (tertiary/aromatic N) is 3. The summed E-state index contributed by atoms with van der Waals surface area (Å²) in [4.78, 5) is 21.3. The molecule has 16 heteroatoms. The number of alkyl halides is 1. The molecule has 1 aliphatic rings. The van der Waals surface area contributed by atoms with Gasteiger partial charge in [-0.15, -0.1) is 0 Å². The Morgan fingerprint density at radius 3 is 2.14 bits per heavy atom. The second-order valence-corrected chi connectivity index (χ2v) is 12.0. The Bertz CT molecular complexity index is 1270. The zero-order valence-corrected chi connectivity index (χ0v) is 21.7. The number of carbonyl (C=O) groups excluding carboxylic acids is 2. The lowest BCUT2D eigenvalue weighted by atomic mass is 9.92. The van der Waals surface area contributed by atoms with Gasteiger partial charge >= 0.3 is 22.2 Å². The van der Waals surface area contributed by atoms with Gasteiger partial charge in [-0.25, -0.2) is 4.68 Å². The van der Waals surface area contributed by atoms with Crippen molar-refractivity contribution in [1.29, 1.82) is 5.26 Å². The molecule has 0 saturated heterocycles. The number of nitriles is 1. The van der Waals surface area contributed by atoms with E-state index in [1.165, 1.54) is 0 Å². The van der Waals surface area contributed by atoms with E-state index in [0.29, 0.717) is 0 Å². The number of aromatic nitrogens is 2. The Morgan fingerprint density at radius 2 is 1.74 bits per heavy atom. The van der Waals surface area contributed by atoms with Gasteiger partial charge in [0.1, 0.15) is 21.5 Å². The third kappa shape index (κ3) is 5.09. The van der Waals surface area contributed by atoms with Crippen LogP contribution in [0.1, 0.15) is 29.8 Å². The fourth-order valence-electron chi connectivity index (χ4n) is 3.63. The Balaban J connectivity index is 2.34. The fraction of sp³-hybridized carbons (Fsp3) is 0.368. The molecule has 3 rings (SSSR count). The van der Waals surface area contributed by atoms with E-state index in [1.54, 1.807) is 6.07 Å². The van der Waals surface area contributed by atoms with Gasteiger partial charge in [0.25, 0.3) is 0 Å². The number of carbonyl (C=O) groups is 2. The molecule has 0 aliphatic heterocycles. The topological polar surface area (TPSA) is 94.2 Å². The van der Waals surface area contributed by atoms with Gasteiger partial charge < -0.3 is 9.47 Å². The van der Waals surface area contributed by atoms with Crippen LogP contribution in [-0.2, 0) is 30.9 Å².